The maximum absolute atomic E-state index is 8.74. The highest BCUT2D eigenvalue weighted by molar-refractivity contribution is 7.79. The minimum Gasteiger partial charge on any atom is -0.412 e. The minimum absolute atomic E-state index is 0. The van der Waals surface area contributed by atoms with Gasteiger partial charge in [-0.3, -0.25) is 13.8 Å². The van der Waals surface area contributed by atoms with Gasteiger partial charge in [0.05, 0.1) is 0 Å². The molecule has 4 N–H and O–H groups in total. The normalized spacial score (nSPS) is 7.25. The highest BCUT2D eigenvalue weighted by Gasteiger charge is 1.84. The Bertz CT molecular complexity index is 95.6. The highest BCUT2D eigenvalue weighted by Crippen LogP contribution is 1.59. The molecule has 0 amide bonds. The van der Waals surface area contributed by atoms with Crippen molar-refractivity contribution in [1.82, 2.24) is 0 Å². The molecule has 0 aliphatic heterocycles. The SMILES string of the molecule is Cl.F.O.O=S(=O)(O)O. The Morgan fingerprint density at radius 3 is 1.12 bits per heavy atom. The largest absolute Gasteiger partial charge is 0.412 e. The average molecular weight is 173 g/mol. The summed E-state index contributed by atoms with van der Waals surface area (Å²) in [5.41, 5.74) is 0. The molecule has 0 unspecified atom stereocenters. The van der Waals surface area contributed by atoms with Gasteiger partial charge in [0.1, 0.15) is 0 Å². The van der Waals surface area contributed by atoms with Crippen LogP contribution < -0.4 is 0 Å². The molecule has 8 heavy (non-hydrogen) atoms. The molecule has 0 atom stereocenters. The zero-order chi connectivity index (χ0) is 4.50. The van der Waals surface area contributed by atoms with Gasteiger partial charge in [-0.1, -0.05) is 0 Å². The fraction of sp³-hybridized carbons (Fsp3) is 0. The Hall–Kier alpha value is 0.0500. The molecular formula is H6ClFO5S. The van der Waals surface area contributed by atoms with Gasteiger partial charge in [-0.15, -0.1) is 12.4 Å². The van der Waals surface area contributed by atoms with E-state index < -0.39 is 10.4 Å². The van der Waals surface area contributed by atoms with Gasteiger partial charge >= 0.3 is 10.4 Å². The van der Waals surface area contributed by atoms with Gasteiger partial charge in [-0.2, -0.15) is 8.42 Å². The second-order valence-electron chi connectivity index (χ2n) is 0.448. The van der Waals surface area contributed by atoms with Crippen LogP contribution in [-0.2, 0) is 10.4 Å². The maximum Gasteiger partial charge on any atom is 0.394 e. The molecule has 0 saturated carbocycles. The van der Waals surface area contributed by atoms with E-state index in [0.29, 0.717) is 0 Å². The van der Waals surface area contributed by atoms with E-state index in [1.54, 1.807) is 0 Å². The van der Waals surface area contributed by atoms with E-state index in [4.69, 9.17) is 17.5 Å². The van der Waals surface area contributed by atoms with Crippen molar-refractivity contribution in [3.8, 4) is 0 Å². The highest BCUT2D eigenvalue weighted by atomic mass is 35.5. The lowest BCUT2D eigenvalue weighted by Crippen LogP contribution is -1.89. The summed E-state index contributed by atoms with van der Waals surface area (Å²) in [4.78, 5) is 0. The topological polar surface area (TPSA) is 106 Å². The lowest BCUT2D eigenvalue weighted by molar-refractivity contribution is 0.381. The van der Waals surface area contributed by atoms with Gasteiger partial charge in [0.2, 0.25) is 0 Å². The van der Waals surface area contributed by atoms with Gasteiger partial charge in [0.25, 0.3) is 0 Å². The molecular weight excluding hydrogens is 167 g/mol. The summed E-state index contributed by atoms with van der Waals surface area (Å²) in [6, 6.07) is 0. The van der Waals surface area contributed by atoms with Crippen molar-refractivity contribution in [2.45, 2.75) is 0 Å². The van der Waals surface area contributed by atoms with E-state index >= 15 is 0 Å². The van der Waals surface area contributed by atoms with Crippen molar-refractivity contribution in [2.75, 3.05) is 0 Å². The molecule has 8 heteroatoms. The van der Waals surface area contributed by atoms with Gasteiger partial charge < -0.3 is 5.48 Å². The average Bonchev–Trinajstić information content (AvgIpc) is 0.722. The molecule has 0 aromatic heterocycles. The minimum atomic E-state index is -4.67. The van der Waals surface area contributed by atoms with Gasteiger partial charge in [-0.05, 0) is 0 Å². The predicted molar refractivity (Wildman–Crippen MR) is 27.5 cm³/mol. The summed E-state index contributed by atoms with van der Waals surface area (Å²) < 4.78 is 31.6. The summed E-state index contributed by atoms with van der Waals surface area (Å²) in [6.07, 6.45) is 0. The van der Waals surface area contributed by atoms with Gasteiger partial charge in [0.15, 0.2) is 0 Å². The molecule has 56 valence electrons. The van der Waals surface area contributed by atoms with Crippen LogP contribution in [0.3, 0.4) is 0 Å². The summed E-state index contributed by atoms with van der Waals surface area (Å²) in [5, 5.41) is 0. The summed E-state index contributed by atoms with van der Waals surface area (Å²) in [6.45, 7) is 0. The summed E-state index contributed by atoms with van der Waals surface area (Å²) in [7, 11) is -4.67. The first-order valence-electron chi connectivity index (χ1n) is 0.698. The van der Waals surface area contributed by atoms with Crippen molar-refractivity contribution in [3.63, 3.8) is 0 Å². The lowest BCUT2D eigenvalue weighted by atomic mass is 15.8. The quantitative estimate of drug-likeness (QED) is 0.462. The van der Waals surface area contributed by atoms with E-state index in [1.807, 2.05) is 0 Å². The molecule has 0 saturated heterocycles. The first-order chi connectivity index (χ1) is 2.00. The Labute approximate surface area is 51.4 Å². The third kappa shape index (κ3) is 61700. The van der Waals surface area contributed by atoms with Crippen LogP contribution in [0.25, 0.3) is 0 Å². The zero-order valence-corrected chi connectivity index (χ0v) is 5.07. The number of hydrogen-bond donors (Lipinski definition) is 2. The van der Waals surface area contributed by atoms with Crippen LogP contribution in [0.5, 0.6) is 0 Å². The summed E-state index contributed by atoms with van der Waals surface area (Å²) >= 11 is 0. The van der Waals surface area contributed by atoms with E-state index in [9.17, 15) is 0 Å². The lowest BCUT2D eigenvalue weighted by Gasteiger charge is -1.68. The zero-order valence-electron chi connectivity index (χ0n) is 3.44. The third-order valence-electron chi connectivity index (χ3n) is 0. The first-order valence-corrected chi connectivity index (χ1v) is 2.10. The van der Waals surface area contributed by atoms with E-state index in [-0.39, 0.29) is 22.6 Å². The fourth-order valence-electron chi connectivity index (χ4n) is 0. The summed E-state index contributed by atoms with van der Waals surface area (Å²) in [5.74, 6) is 0. The van der Waals surface area contributed by atoms with Crippen LogP contribution in [0.2, 0.25) is 0 Å². The van der Waals surface area contributed by atoms with Gasteiger partial charge in [0, 0.05) is 0 Å². The number of hydrogen-bond acceptors (Lipinski definition) is 2. The molecule has 0 aromatic rings. The van der Waals surface area contributed by atoms with Crippen molar-refractivity contribution in [3.05, 3.63) is 0 Å². The Balaban J connectivity index is -0.0000000267. The molecule has 5 nitrogen and oxygen atoms in total. The Morgan fingerprint density at radius 1 is 1.12 bits per heavy atom. The maximum atomic E-state index is 8.74. The molecule has 0 heterocycles. The van der Waals surface area contributed by atoms with Crippen LogP contribution in [0.15, 0.2) is 0 Å². The smallest absolute Gasteiger partial charge is 0.394 e. The van der Waals surface area contributed by atoms with Crippen LogP contribution in [0, 0.1) is 0 Å². The van der Waals surface area contributed by atoms with Gasteiger partial charge in [-0.25, -0.2) is 0 Å². The number of halogens is 2. The van der Waals surface area contributed by atoms with Crippen molar-refractivity contribution >= 4 is 22.8 Å². The molecule has 0 bridgehead atoms. The van der Waals surface area contributed by atoms with E-state index in [1.165, 1.54) is 0 Å². The van der Waals surface area contributed by atoms with Crippen molar-refractivity contribution in [1.29, 1.82) is 0 Å². The second kappa shape index (κ2) is 7.05. The predicted octanol–water partition coefficient (Wildman–Crippen LogP) is -0.903. The standard InChI is InChI=1S/ClH.FH.H2O4S.H2O/c;;1-5(2,3)4;/h2*1H;(H2,1,2,3,4);1H2. The molecule has 0 radical (unpaired) electrons. The molecule has 0 aliphatic carbocycles. The van der Waals surface area contributed by atoms with Crippen LogP contribution in [-0.4, -0.2) is 23.0 Å². The van der Waals surface area contributed by atoms with Crippen LogP contribution in [0.4, 0.5) is 4.70 Å². The molecule has 0 spiro atoms. The Morgan fingerprint density at radius 2 is 1.12 bits per heavy atom. The molecule has 0 aliphatic rings. The molecule has 0 fully saturated rings. The number of rotatable bonds is 0. The Kier molecular flexibility index (Phi) is 21.5. The fourth-order valence-corrected chi connectivity index (χ4v) is 0. The van der Waals surface area contributed by atoms with Crippen LogP contribution in [0.1, 0.15) is 0 Å². The van der Waals surface area contributed by atoms with E-state index in [2.05, 4.69) is 0 Å². The van der Waals surface area contributed by atoms with Crippen LogP contribution >= 0.6 is 12.4 Å². The monoisotopic (exact) mass is 172 g/mol. The second-order valence-corrected chi connectivity index (χ2v) is 1.34. The first kappa shape index (κ1) is 24.4. The molecule has 0 aromatic carbocycles. The van der Waals surface area contributed by atoms with Crippen molar-refractivity contribution in [2.24, 2.45) is 0 Å². The van der Waals surface area contributed by atoms with E-state index in [0.717, 1.165) is 0 Å². The third-order valence-corrected chi connectivity index (χ3v) is 0. The molecule has 0 rings (SSSR count). The van der Waals surface area contributed by atoms with Crippen molar-refractivity contribution < 1.29 is 27.7 Å².